The number of aromatic carboxylic acids is 2. The Labute approximate surface area is 94.1 Å². The van der Waals surface area contributed by atoms with Gasteiger partial charge in [0.2, 0.25) is 0 Å². The SMILES string of the molecule is O=C(O)c1cc2cc(F)ccc2nc1C(=O)O. The Morgan fingerprint density at radius 3 is 2.41 bits per heavy atom. The third kappa shape index (κ3) is 1.92. The molecule has 0 aliphatic heterocycles. The average Bonchev–Trinajstić information content (AvgIpc) is 2.26. The Bertz CT molecular complexity index is 639. The normalized spacial score (nSPS) is 10.4. The quantitative estimate of drug-likeness (QED) is 0.828. The maximum atomic E-state index is 12.9. The molecule has 1 aromatic heterocycles. The van der Waals surface area contributed by atoms with Crippen molar-refractivity contribution in [3.8, 4) is 0 Å². The second-order valence-electron chi connectivity index (χ2n) is 3.33. The van der Waals surface area contributed by atoms with Crippen LogP contribution >= 0.6 is 0 Å². The van der Waals surface area contributed by atoms with E-state index < -0.39 is 29.0 Å². The van der Waals surface area contributed by atoms with Crippen molar-refractivity contribution in [2.24, 2.45) is 0 Å². The van der Waals surface area contributed by atoms with Crippen molar-refractivity contribution in [2.75, 3.05) is 0 Å². The number of carboxylic acid groups (broad SMARTS) is 2. The number of halogens is 1. The summed E-state index contributed by atoms with van der Waals surface area (Å²) in [5.41, 5.74) is -0.791. The second-order valence-corrected chi connectivity index (χ2v) is 3.33. The summed E-state index contributed by atoms with van der Waals surface area (Å²) in [4.78, 5) is 25.4. The molecule has 0 atom stereocenters. The summed E-state index contributed by atoms with van der Waals surface area (Å²) < 4.78 is 12.9. The molecule has 0 aliphatic rings. The van der Waals surface area contributed by atoms with Gasteiger partial charge in [0, 0.05) is 5.39 Å². The van der Waals surface area contributed by atoms with Crippen molar-refractivity contribution in [3.05, 3.63) is 41.3 Å². The molecule has 0 fully saturated rings. The minimum absolute atomic E-state index is 0.230. The van der Waals surface area contributed by atoms with Gasteiger partial charge in [-0.15, -0.1) is 0 Å². The zero-order valence-electron chi connectivity index (χ0n) is 8.35. The largest absolute Gasteiger partial charge is 0.478 e. The van der Waals surface area contributed by atoms with Gasteiger partial charge in [0.05, 0.1) is 11.1 Å². The van der Waals surface area contributed by atoms with Crippen LogP contribution in [0.25, 0.3) is 10.9 Å². The Morgan fingerprint density at radius 2 is 1.82 bits per heavy atom. The molecular weight excluding hydrogens is 229 g/mol. The summed E-state index contributed by atoms with van der Waals surface area (Å²) in [7, 11) is 0. The minimum Gasteiger partial charge on any atom is -0.478 e. The van der Waals surface area contributed by atoms with Gasteiger partial charge in [-0.05, 0) is 24.3 Å². The maximum absolute atomic E-state index is 12.9. The number of rotatable bonds is 2. The van der Waals surface area contributed by atoms with Crippen LogP contribution in [0.15, 0.2) is 24.3 Å². The predicted octanol–water partition coefficient (Wildman–Crippen LogP) is 1.77. The van der Waals surface area contributed by atoms with Crippen LogP contribution in [-0.4, -0.2) is 27.1 Å². The van der Waals surface area contributed by atoms with Crippen LogP contribution in [0.5, 0.6) is 0 Å². The van der Waals surface area contributed by atoms with Crippen LogP contribution < -0.4 is 0 Å². The molecule has 0 aliphatic carbocycles. The Balaban J connectivity index is 2.81. The van der Waals surface area contributed by atoms with Gasteiger partial charge in [-0.25, -0.2) is 19.0 Å². The molecule has 0 amide bonds. The molecule has 2 aromatic rings. The van der Waals surface area contributed by atoms with Crippen LogP contribution in [0.1, 0.15) is 20.8 Å². The first-order valence-corrected chi connectivity index (χ1v) is 4.56. The van der Waals surface area contributed by atoms with Crippen LogP contribution in [0, 0.1) is 5.82 Å². The number of benzene rings is 1. The lowest BCUT2D eigenvalue weighted by atomic mass is 10.1. The summed E-state index contributed by atoms with van der Waals surface area (Å²) in [6, 6.07) is 4.61. The first-order chi connectivity index (χ1) is 7.99. The zero-order chi connectivity index (χ0) is 12.6. The minimum atomic E-state index is -1.44. The highest BCUT2D eigenvalue weighted by atomic mass is 19.1. The van der Waals surface area contributed by atoms with E-state index in [1.807, 2.05) is 0 Å². The van der Waals surface area contributed by atoms with Crippen molar-refractivity contribution in [3.63, 3.8) is 0 Å². The van der Waals surface area contributed by atoms with Crippen LogP contribution in [0.4, 0.5) is 4.39 Å². The molecular formula is C11H6FNO4. The highest BCUT2D eigenvalue weighted by Crippen LogP contribution is 2.18. The molecule has 2 N–H and O–H groups in total. The number of carboxylic acids is 2. The van der Waals surface area contributed by atoms with Gasteiger partial charge in [0.1, 0.15) is 5.82 Å². The van der Waals surface area contributed by atoms with Gasteiger partial charge in [-0.1, -0.05) is 0 Å². The fourth-order valence-corrected chi connectivity index (χ4v) is 1.47. The van der Waals surface area contributed by atoms with E-state index in [1.54, 1.807) is 0 Å². The monoisotopic (exact) mass is 235 g/mol. The van der Waals surface area contributed by atoms with Gasteiger partial charge >= 0.3 is 11.9 Å². The number of hydrogen-bond acceptors (Lipinski definition) is 3. The number of fused-ring (bicyclic) bond motifs is 1. The molecule has 0 unspecified atom stereocenters. The molecule has 0 radical (unpaired) electrons. The van der Waals surface area contributed by atoms with E-state index in [0.29, 0.717) is 0 Å². The molecule has 17 heavy (non-hydrogen) atoms. The molecule has 5 nitrogen and oxygen atoms in total. The van der Waals surface area contributed by atoms with Crippen molar-refractivity contribution in [1.82, 2.24) is 4.98 Å². The van der Waals surface area contributed by atoms with Gasteiger partial charge < -0.3 is 10.2 Å². The number of carbonyl (C=O) groups is 2. The van der Waals surface area contributed by atoms with E-state index >= 15 is 0 Å². The van der Waals surface area contributed by atoms with E-state index in [2.05, 4.69) is 4.98 Å². The maximum Gasteiger partial charge on any atom is 0.355 e. The summed E-state index contributed by atoms with van der Waals surface area (Å²) in [5, 5.41) is 17.9. The van der Waals surface area contributed by atoms with Crippen molar-refractivity contribution in [1.29, 1.82) is 0 Å². The first kappa shape index (κ1) is 11.0. The summed E-state index contributed by atoms with van der Waals surface area (Å²) in [5.74, 6) is -3.39. The fourth-order valence-electron chi connectivity index (χ4n) is 1.47. The van der Waals surface area contributed by atoms with Crippen molar-refractivity contribution < 1.29 is 24.2 Å². The summed E-state index contributed by atoms with van der Waals surface area (Å²) in [6.45, 7) is 0. The van der Waals surface area contributed by atoms with Crippen LogP contribution in [-0.2, 0) is 0 Å². The highest BCUT2D eigenvalue weighted by molar-refractivity contribution is 6.03. The third-order valence-electron chi connectivity index (χ3n) is 2.21. The number of aromatic nitrogens is 1. The topological polar surface area (TPSA) is 87.5 Å². The van der Waals surface area contributed by atoms with Gasteiger partial charge in [0.25, 0.3) is 0 Å². The molecule has 0 saturated heterocycles. The Morgan fingerprint density at radius 1 is 1.12 bits per heavy atom. The lowest BCUT2D eigenvalue weighted by Crippen LogP contribution is -2.10. The summed E-state index contributed by atoms with van der Waals surface area (Å²) >= 11 is 0. The van der Waals surface area contributed by atoms with Gasteiger partial charge in [-0.3, -0.25) is 0 Å². The van der Waals surface area contributed by atoms with Gasteiger partial charge in [0.15, 0.2) is 5.69 Å². The first-order valence-electron chi connectivity index (χ1n) is 4.56. The van der Waals surface area contributed by atoms with E-state index in [0.717, 1.165) is 18.2 Å². The number of nitrogens with zero attached hydrogens (tertiary/aromatic N) is 1. The van der Waals surface area contributed by atoms with E-state index in [9.17, 15) is 14.0 Å². The molecule has 1 aromatic carbocycles. The lowest BCUT2D eigenvalue weighted by molar-refractivity contribution is 0.0647. The van der Waals surface area contributed by atoms with Crippen molar-refractivity contribution in [2.45, 2.75) is 0 Å². The van der Waals surface area contributed by atoms with Crippen LogP contribution in [0.2, 0.25) is 0 Å². The Hall–Kier alpha value is -2.50. The predicted molar refractivity (Wildman–Crippen MR) is 55.6 cm³/mol. The molecule has 86 valence electrons. The highest BCUT2D eigenvalue weighted by Gasteiger charge is 2.18. The van der Waals surface area contributed by atoms with E-state index in [-0.39, 0.29) is 10.9 Å². The third-order valence-corrected chi connectivity index (χ3v) is 2.21. The summed E-state index contributed by atoms with van der Waals surface area (Å²) in [6.07, 6.45) is 0. The van der Waals surface area contributed by atoms with Crippen molar-refractivity contribution >= 4 is 22.8 Å². The Kier molecular flexibility index (Phi) is 2.47. The average molecular weight is 235 g/mol. The van der Waals surface area contributed by atoms with E-state index in [1.165, 1.54) is 6.07 Å². The smallest absolute Gasteiger partial charge is 0.355 e. The molecule has 2 rings (SSSR count). The molecule has 6 heteroatoms. The lowest BCUT2D eigenvalue weighted by Gasteiger charge is -2.03. The zero-order valence-corrected chi connectivity index (χ0v) is 8.35. The van der Waals surface area contributed by atoms with Gasteiger partial charge in [-0.2, -0.15) is 0 Å². The molecule has 1 heterocycles. The van der Waals surface area contributed by atoms with Crippen LogP contribution in [0.3, 0.4) is 0 Å². The standard InChI is InChI=1S/C11H6FNO4/c12-6-1-2-8-5(3-6)4-7(10(14)15)9(13-8)11(16)17/h1-4H,(H,14,15)(H,16,17). The van der Waals surface area contributed by atoms with E-state index in [4.69, 9.17) is 10.2 Å². The second kappa shape index (κ2) is 3.82. The number of pyridine rings is 1. The molecule has 0 spiro atoms. The fraction of sp³-hybridized carbons (Fsp3) is 0. The number of hydrogen-bond donors (Lipinski definition) is 2. The molecule has 0 bridgehead atoms. The molecule has 0 saturated carbocycles.